The van der Waals surface area contributed by atoms with Crippen LogP contribution < -0.4 is 5.32 Å². The zero-order chi connectivity index (χ0) is 16.7. The van der Waals surface area contributed by atoms with E-state index in [2.05, 4.69) is 10.5 Å². The van der Waals surface area contributed by atoms with Crippen molar-refractivity contribution in [1.29, 1.82) is 0 Å². The van der Waals surface area contributed by atoms with E-state index in [-0.39, 0.29) is 23.7 Å². The van der Waals surface area contributed by atoms with Crippen molar-refractivity contribution >= 4 is 17.6 Å². The van der Waals surface area contributed by atoms with Gasteiger partial charge in [0.25, 0.3) is 0 Å². The van der Waals surface area contributed by atoms with Crippen LogP contribution in [-0.4, -0.2) is 54.0 Å². The normalized spacial score (nSPS) is 28.1. The Hall–Kier alpha value is -1.93. The number of carbonyl (C=O) groups is 2. The molecule has 8 heteroatoms. The second-order valence-electron chi connectivity index (χ2n) is 6.69. The average Bonchev–Trinajstić information content (AvgIpc) is 3.10. The molecule has 0 radical (unpaired) electrons. The largest absolute Gasteiger partial charge is 0.360 e. The van der Waals surface area contributed by atoms with E-state index in [0.717, 1.165) is 0 Å². The molecule has 3 aliphatic rings. The van der Waals surface area contributed by atoms with Crippen molar-refractivity contribution in [3.05, 3.63) is 11.8 Å². The summed E-state index contributed by atoms with van der Waals surface area (Å²) in [4.78, 5) is 26.6. The molecule has 3 fully saturated rings. The minimum Gasteiger partial charge on any atom is -0.360 e. The van der Waals surface area contributed by atoms with E-state index in [1.807, 2.05) is 4.90 Å². The van der Waals surface area contributed by atoms with Crippen molar-refractivity contribution in [3.8, 4) is 0 Å². The maximum atomic E-state index is 12.6. The monoisotopic (exact) mass is 335 g/mol. The van der Waals surface area contributed by atoms with Crippen LogP contribution in [0.15, 0.2) is 10.6 Å². The van der Waals surface area contributed by atoms with Gasteiger partial charge >= 0.3 is 0 Å². The lowest BCUT2D eigenvalue weighted by molar-refractivity contribution is -0.187. The molecule has 2 amide bonds. The molecule has 8 nitrogen and oxygen atoms in total. The van der Waals surface area contributed by atoms with E-state index in [1.54, 1.807) is 13.0 Å². The Morgan fingerprint density at radius 2 is 1.96 bits per heavy atom. The first-order valence-corrected chi connectivity index (χ1v) is 8.37. The lowest BCUT2D eigenvalue weighted by Crippen LogP contribution is -2.48. The molecule has 1 saturated carbocycles. The van der Waals surface area contributed by atoms with Gasteiger partial charge in [0.1, 0.15) is 5.76 Å². The molecule has 1 aromatic rings. The number of aromatic nitrogens is 1. The summed E-state index contributed by atoms with van der Waals surface area (Å²) < 4.78 is 16.3. The number of nitrogens with one attached hydrogen (secondary N) is 1. The molecule has 3 heterocycles. The van der Waals surface area contributed by atoms with Gasteiger partial charge in [0.2, 0.25) is 11.8 Å². The van der Waals surface area contributed by atoms with E-state index >= 15 is 0 Å². The number of hydrogen-bond donors (Lipinski definition) is 1. The summed E-state index contributed by atoms with van der Waals surface area (Å²) in [5.41, 5.74) is 0. The van der Waals surface area contributed by atoms with Gasteiger partial charge in [-0.15, -0.1) is 0 Å². The zero-order valence-electron chi connectivity index (χ0n) is 13.6. The second kappa shape index (κ2) is 5.86. The molecular formula is C16H21N3O5. The van der Waals surface area contributed by atoms with Crippen molar-refractivity contribution in [2.45, 2.75) is 32.0 Å². The maximum Gasteiger partial charge on any atom is 0.229 e. The van der Waals surface area contributed by atoms with Crippen LogP contribution in [-0.2, 0) is 19.1 Å². The number of anilines is 1. The van der Waals surface area contributed by atoms with E-state index in [0.29, 0.717) is 57.1 Å². The highest BCUT2D eigenvalue weighted by atomic mass is 16.7. The Morgan fingerprint density at radius 1 is 1.25 bits per heavy atom. The number of rotatable bonds is 3. The quantitative estimate of drug-likeness (QED) is 0.883. The Bertz CT molecular complexity index is 642. The molecule has 1 aromatic heterocycles. The molecular weight excluding hydrogens is 314 g/mol. The highest BCUT2D eigenvalue weighted by Crippen LogP contribution is 2.42. The Balaban J connectivity index is 1.28. The predicted octanol–water partition coefficient (Wildman–Crippen LogP) is 0.923. The molecule has 1 aliphatic carbocycles. The summed E-state index contributed by atoms with van der Waals surface area (Å²) in [5, 5.41) is 6.43. The number of nitrogens with zero attached hydrogens (tertiary/aromatic N) is 2. The summed E-state index contributed by atoms with van der Waals surface area (Å²) >= 11 is 0. The molecule has 2 atom stereocenters. The summed E-state index contributed by atoms with van der Waals surface area (Å²) in [7, 11) is 0. The van der Waals surface area contributed by atoms with Crippen molar-refractivity contribution in [1.82, 2.24) is 10.1 Å². The smallest absolute Gasteiger partial charge is 0.229 e. The standard InChI is InChI=1S/C16H21N3O5/c1-10-8-13(18-24-10)17-14(20)11-9-12(11)15(21)19-4-2-16(3-5-19)22-6-7-23-16/h8,11-12H,2-7,9H2,1H3,(H,17,18,20). The highest BCUT2D eigenvalue weighted by molar-refractivity contribution is 5.99. The maximum absolute atomic E-state index is 12.6. The van der Waals surface area contributed by atoms with Crippen LogP contribution in [0.25, 0.3) is 0 Å². The lowest BCUT2D eigenvalue weighted by atomic mass is 10.0. The SMILES string of the molecule is Cc1cc(NC(=O)C2CC2C(=O)N2CCC3(CC2)OCCO3)no1. The first-order chi connectivity index (χ1) is 11.6. The molecule has 4 rings (SSSR count). The number of likely N-dealkylation sites (tertiary alicyclic amines) is 1. The summed E-state index contributed by atoms with van der Waals surface area (Å²) in [5.74, 6) is -0.0702. The van der Waals surface area contributed by atoms with E-state index in [4.69, 9.17) is 14.0 Å². The van der Waals surface area contributed by atoms with Gasteiger partial charge in [-0.05, 0) is 13.3 Å². The average molecular weight is 335 g/mol. The van der Waals surface area contributed by atoms with Crippen LogP contribution in [0.3, 0.4) is 0 Å². The van der Waals surface area contributed by atoms with Gasteiger partial charge in [-0.1, -0.05) is 5.16 Å². The van der Waals surface area contributed by atoms with Crippen LogP contribution >= 0.6 is 0 Å². The fourth-order valence-corrected chi connectivity index (χ4v) is 3.49. The molecule has 2 aliphatic heterocycles. The first-order valence-electron chi connectivity index (χ1n) is 8.37. The van der Waals surface area contributed by atoms with Gasteiger partial charge in [0.05, 0.1) is 25.0 Å². The fraction of sp³-hybridized carbons (Fsp3) is 0.688. The minimum atomic E-state index is -0.484. The van der Waals surface area contributed by atoms with Gasteiger partial charge < -0.3 is 24.2 Å². The number of piperidine rings is 1. The van der Waals surface area contributed by atoms with Gasteiger partial charge in [-0.3, -0.25) is 9.59 Å². The van der Waals surface area contributed by atoms with E-state index in [9.17, 15) is 9.59 Å². The third-order valence-electron chi connectivity index (χ3n) is 4.97. The molecule has 2 saturated heterocycles. The van der Waals surface area contributed by atoms with Crippen molar-refractivity contribution < 1.29 is 23.6 Å². The van der Waals surface area contributed by atoms with Crippen LogP contribution in [0.2, 0.25) is 0 Å². The summed E-state index contributed by atoms with van der Waals surface area (Å²) in [6.07, 6.45) is 1.98. The number of amides is 2. The highest BCUT2D eigenvalue weighted by Gasteiger charge is 2.51. The third-order valence-corrected chi connectivity index (χ3v) is 4.97. The van der Waals surface area contributed by atoms with Gasteiger partial charge in [0.15, 0.2) is 11.6 Å². The Kier molecular flexibility index (Phi) is 3.80. The topological polar surface area (TPSA) is 93.9 Å². The van der Waals surface area contributed by atoms with Gasteiger partial charge in [-0.25, -0.2) is 0 Å². The van der Waals surface area contributed by atoms with Crippen LogP contribution in [0.4, 0.5) is 5.82 Å². The molecule has 130 valence electrons. The van der Waals surface area contributed by atoms with Crippen molar-refractivity contribution in [3.63, 3.8) is 0 Å². The first kappa shape index (κ1) is 15.6. The molecule has 0 bridgehead atoms. The minimum absolute atomic E-state index is 0.0549. The predicted molar refractivity (Wildman–Crippen MR) is 81.9 cm³/mol. The number of carbonyl (C=O) groups excluding carboxylic acids is 2. The number of hydrogen-bond acceptors (Lipinski definition) is 6. The summed E-state index contributed by atoms with van der Waals surface area (Å²) in [6, 6.07) is 1.66. The van der Waals surface area contributed by atoms with Crippen LogP contribution in [0.1, 0.15) is 25.0 Å². The Morgan fingerprint density at radius 3 is 2.58 bits per heavy atom. The summed E-state index contributed by atoms with van der Waals surface area (Å²) in [6.45, 7) is 4.24. The van der Waals surface area contributed by atoms with Crippen molar-refractivity contribution in [2.24, 2.45) is 11.8 Å². The molecule has 1 spiro atoms. The van der Waals surface area contributed by atoms with Crippen LogP contribution in [0.5, 0.6) is 0 Å². The fourth-order valence-electron chi connectivity index (χ4n) is 3.49. The molecule has 24 heavy (non-hydrogen) atoms. The van der Waals surface area contributed by atoms with Gasteiger partial charge in [-0.2, -0.15) is 0 Å². The lowest BCUT2D eigenvalue weighted by Gasteiger charge is -2.37. The van der Waals surface area contributed by atoms with Crippen molar-refractivity contribution in [2.75, 3.05) is 31.6 Å². The number of aryl methyl sites for hydroxylation is 1. The zero-order valence-corrected chi connectivity index (χ0v) is 13.6. The molecule has 0 aromatic carbocycles. The van der Waals surface area contributed by atoms with Crippen LogP contribution in [0, 0.1) is 18.8 Å². The Labute approximate surface area is 139 Å². The molecule has 1 N–H and O–H groups in total. The van der Waals surface area contributed by atoms with E-state index in [1.165, 1.54) is 0 Å². The third kappa shape index (κ3) is 2.91. The second-order valence-corrected chi connectivity index (χ2v) is 6.69. The van der Waals surface area contributed by atoms with Gasteiger partial charge in [0, 0.05) is 32.0 Å². The number of ether oxygens (including phenoxy) is 2. The van der Waals surface area contributed by atoms with E-state index < -0.39 is 5.79 Å². The molecule has 2 unspecified atom stereocenters.